The molecule has 1 rings (SSSR count). The van der Waals surface area contributed by atoms with Gasteiger partial charge in [-0.25, -0.2) is 4.79 Å². The lowest BCUT2D eigenvalue weighted by atomic mass is 10.2. The van der Waals surface area contributed by atoms with E-state index in [4.69, 9.17) is 5.11 Å². The Morgan fingerprint density at radius 1 is 1.53 bits per heavy atom. The molecule has 1 aromatic heterocycles. The minimum Gasteiger partial charge on any atom is -0.478 e. The minimum absolute atomic E-state index is 0.259. The lowest BCUT2D eigenvalue weighted by Gasteiger charge is -2.08. The Hall–Kier alpha value is -1.62. The maximum Gasteiger partial charge on any atom is 0.337 e. The molecule has 0 aromatic carbocycles. The second-order valence-corrected chi connectivity index (χ2v) is 3.11. The maximum atomic E-state index is 10.8. The third kappa shape index (κ3) is 3.55. The van der Waals surface area contributed by atoms with E-state index in [0.29, 0.717) is 5.69 Å². The fourth-order valence-electron chi connectivity index (χ4n) is 1.21. The highest BCUT2D eigenvalue weighted by molar-refractivity contribution is 5.93. The molecule has 0 amide bonds. The summed E-state index contributed by atoms with van der Waals surface area (Å²) in [5, 5.41) is 15.0. The average Bonchev–Trinajstić information content (AvgIpc) is 2.25. The molecule has 0 aliphatic heterocycles. The number of aromatic nitrogens is 1. The zero-order valence-corrected chi connectivity index (χ0v) is 8.66. The van der Waals surface area contributed by atoms with Gasteiger partial charge in [0.1, 0.15) is 0 Å². The first-order valence-electron chi connectivity index (χ1n) is 4.81. The van der Waals surface area contributed by atoms with Gasteiger partial charge in [-0.05, 0) is 26.1 Å². The first-order valence-corrected chi connectivity index (χ1v) is 4.81. The molecule has 1 heterocycles. The summed E-state index contributed by atoms with van der Waals surface area (Å²) < 4.78 is 0. The van der Waals surface area contributed by atoms with Crippen LogP contribution >= 0.6 is 0 Å². The summed E-state index contributed by atoms with van der Waals surface area (Å²) in [4.78, 5) is 14.7. The standard InChI is InChI=1S/C10H15N3O2/c1-11-4-2-5-13-9-7-12-6-3-8(9)10(14)15/h3,6-7,11,13H,2,4-5H2,1H3,(H,14,15). The number of nitrogens with zero attached hydrogens (tertiary/aromatic N) is 1. The van der Waals surface area contributed by atoms with Crippen LogP contribution in [0.3, 0.4) is 0 Å². The zero-order valence-electron chi connectivity index (χ0n) is 8.66. The van der Waals surface area contributed by atoms with Crippen LogP contribution in [0.15, 0.2) is 18.5 Å². The van der Waals surface area contributed by atoms with Gasteiger partial charge in [-0.15, -0.1) is 0 Å². The van der Waals surface area contributed by atoms with Gasteiger partial charge >= 0.3 is 5.97 Å². The molecule has 0 unspecified atom stereocenters. The number of hydrogen-bond acceptors (Lipinski definition) is 4. The number of rotatable bonds is 6. The summed E-state index contributed by atoms with van der Waals surface area (Å²) in [5.74, 6) is -0.937. The summed E-state index contributed by atoms with van der Waals surface area (Å²) in [6, 6.07) is 1.49. The van der Waals surface area contributed by atoms with Crippen LogP contribution < -0.4 is 10.6 Å². The number of aromatic carboxylic acids is 1. The van der Waals surface area contributed by atoms with E-state index in [1.54, 1.807) is 0 Å². The molecule has 0 radical (unpaired) electrons. The average molecular weight is 209 g/mol. The Kier molecular flexibility index (Phi) is 4.56. The van der Waals surface area contributed by atoms with Crippen LogP contribution in [0.5, 0.6) is 0 Å². The second kappa shape index (κ2) is 5.98. The van der Waals surface area contributed by atoms with Crippen LogP contribution in [0, 0.1) is 0 Å². The lowest BCUT2D eigenvalue weighted by molar-refractivity contribution is 0.0698. The Labute approximate surface area is 88.5 Å². The molecule has 0 aliphatic rings. The highest BCUT2D eigenvalue weighted by Gasteiger charge is 2.08. The normalized spacial score (nSPS) is 9.93. The molecule has 0 spiro atoms. The minimum atomic E-state index is -0.937. The van der Waals surface area contributed by atoms with Crippen LogP contribution in [0.25, 0.3) is 0 Å². The maximum absolute atomic E-state index is 10.8. The highest BCUT2D eigenvalue weighted by atomic mass is 16.4. The molecule has 3 N–H and O–H groups in total. The number of hydrogen-bond donors (Lipinski definition) is 3. The third-order valence-corrected chi connectivity index (χ3v) is 1.97. The lowest BCUT2D eigenvalue weighted by Crippen LogP contribution is -2.14. The van der Waals surface area contributed by atoms with E-state index < -0.39 is 5.97 Å². The van der Waals surface area contributed by atoms with Crippen molar-refractivity contribution >= 4 is 11.7 Å². The number of carbonyl (C=O) groups is 1. The van der Waals surface area contributed by atoms with E-state index in [2.05, 4.69) is 15.6 Å². The molecule has 0 fully saturated rings. The molecule has 0 bridgehead atoms. The summed E-state index contributed by atoms with van der Waals surface area (Å²) in [6.45, 7) is 1.63. The van der Waals surface area contributed by atoms with Crippen LogP contribution in [0.4, 0.5) is 5.69 Å². The van der Waals surface area contributed by atoms with Crippen molar-refractivity contribution in [3.63, 3.8) is 0 Å². The molecule has 82 valence electrons. The predicted molar refractivity (Wildman–Crippen MR) is 58.2 cm³/mol. The molecule has 0 atom stereocenters. The SMILES string of the molecule is CNCCCNc1cnccc1C(=O)O. The Balaban J connectivity index is 2.56. The fourth-order valence-corrected chi connectivity index (χ4v) is 1.21. The van der Waals surface area contributed by atoms with E-state index in [1.165, 1.54) is 18.5 Å². The van der Waals surface area contributed by atoms with Gasteiger partial charge in [0.25, 0.3) is 0 Å². The van der Waals surface area contributed by atoms with E-state index in [-0.39, 0.29) is 5.56 Å². The Morgan fingerprint density at radius 2 is 2.33 bits per heavy atom. The van der Waals surface area contributed by atoms with Crippen molar-refractivity contribution in [1.29, 1.82) is 0 Å². The van der Waals surface area contributed by atoms with Crippen LogP contribution in [-0.2, 0) is 0 Å². The van der Waals surface area contributed by atoms with Crippen molar-refractivity contribution in [2.75, 3.05) is 25.5 Å². The fraction of sp³-hybridized carbons (Fsp3) is 0.400. The van der Waals surface area contributed by atoms with Crippen LogP contribution in [0.1, 0.15) is 16.8 Å². The van der Waals surface area contributed by atoms with Crippen molar-refractivity contribution in [3.05, 3.63) is 24.0 Å². The Bertz CT molecular complexity index is 328. The monoisotopic (exact) mass is 209 g/mol. The van der Waals surface area contributed by atoms with Crippen LogP contribution in [0.2, 0.25) is 0 Å². The zero-order chi connectivity index (χ0) is 11.1. The molecule has 15 heavy (non-hydrogen) atoms. The molecule has 1 aromatic rings. The summed E-state index contributed by atoms with van der Waals surface area (Å²) in [7, 11) is 1.88. The molecule has 5 nitrogen and oxygen atoms in total. The number of pyridine rings is 1. The van der Waals surface area contributed by atoms with Crippen molar-refractivity contribution < 1.29 is 9.90 Å². The molecular formula is C10H15N3O2. The van der Waals surface area contributed by atoms with Gasteiger partial charge in [-0.1, -0.05) is 0 Å². The van der Waals surface area contributed by atoms with Gasteiger partial charge < -0.3 is 15.7 Å². The molecule has 0 saturated heterocycles. The van der Waals surface area contributed by atoms with Crippen molar-refractivity contribution in [1.82, 2.24) is 10.3 Å². The van der Waals surface area contributed by atoms with Crippen molar-refractivity contribution in [3.8, 4) is 0 Å². The van der Waals surface area contributed by atoms with Gasteiger partial charge in [-0.2, -0.15) is 0 Å². The number of anilines is 1. The third-order valence-electron chi connectivity index (χ3n) is 1.97. The Morgan fingerprint density at radius 3 is 3.00 bits per heavy atom. The van der Waals surface area contributed by atoms with Gasteiger partial charge in [-0.3, -0.25) is 4.98 Å². The molecule has 0 aliphatic carbocycles. The largest absolute Gasteiger partial charge is 0.478 e. The van der Waals surface area contributed by atoms with E-state index in [1.807, 2.05) is 7.05 Å². The van der Waals surface area contributed by atoms with E-state index >= 15 is 0 Å². The highest BCUT2D eigenvalue weighted by Crippen LogP contribution is 2.12. The van der Waals surface area contributed by atoms with Gasteiger partial charge in [0.2, 0.25) is 0 Å². The summed E-state index contributed by atoms with van der Waals surface area (Å²) in [6.07, 6.45) is 3.94. The van der Waals surface area contributed by atoms with Crippen molar-refractivity contribution in [2.24, 2.45) is 0 Å². The topological polar surface area (TPSA) is 74.2 Å². The summed E-state index contributed by atoms with van der Waals surface area (Å²) in [5.41, 5.74) is 0.829. The van der Waals surface area contributed by atoms with Gasteiger partial charge in [0.15, 0.2) is 0 Å². The second-order valence-electron chi connectivity index (χ2n) is 3.11. The number of carboxylic acid groups (broad SMARTS) is 1. The first-order chi connectivity index (χ1) is 7.25. The van der Waals surface area contributed by atoms with Crippen LogP contribution in [-0.4, -0.2) is 36.2 Å². The van der Waals surface area contributed by atoms with Crippen molar-refractivity contribution in [2.45, 2.75) is 6.42 Å². The molecular weight excluding hydrogens is 194 g/mol. The van der Waals surface area contributed by atoms with Gasteiger partial charge in [0, 0.05) is 12.7 Å². The van der Waals surface area contributed by atoms with E-state index in [9.17, 15) is 4.79 Å². The predicted octanol–water partition coefficient (Wildman–Crippen LogP) is 0.801. The molecule has 0 saturated carbocycles. The quantitative estimate of drug-likeness (QED) is 0.604. The first kappa shape index (κ1) is 11.5. The number of carboxylic acids is 1. The smallest absolute Gasteiger partial charge is 0.337 e. The van der Waals surface area contributed by atoms with Gasteiger partial charge in [0.05, 0.1) is 17.4 Å². The molecule has 5 heteroatoms. The van der Waals surface area contributed by atoms with E-state index in [0.717, 1.165) is 19.5 Å². The number of nitrogens with one attached hydrogen (secondary N) is 2. The summed E-state index contributed by atoms with van der Waals surface area (Å²) >= 11 is 0.